The normalized spacial score (nSPS) is 56.4. The van der Waals surface area contributed by atoms with Gasteiger partial charge in [-0.05, 0) is 26.2 Å². The minimum atomic E-state index is -1.66. The van der Waals surface area contributed by atoms with E-state index in [-0.39, 0.29) is 32.1 Å². The first-order valence-electron chi connectivity index (χ1n) is 15.0. The Labute approximate surface area is 248 Å². The van der Waals surface area contributed by atoms with Crippen LogP contribution < -0.4 is 0 Å². The molecule has 0 amide bonds. The van der Waals surface area contributed by atoms with Gasteiger partial charge in [-0.25, -0.2) is 0 Å². The van der Waals surface area contributed by atoms with Crippen molar-refractivity contribution in [3.63, 3.8) is 0 Å². The number of aliphatic hydroxyl groups is 13. The molecule has 2 aliphatic carbocycles. The Morgan fingerprint density at radius 3 is 1.84 bits per heavy atom. The molecule has 12 N–H and O–H groups in total. The molecule has 5 aliphatic rings. The zero-order valence-corrected chi connectivity index (χ0v) is 23.8. The molecule has 18 atom stereocenters. The van der Waals surface area contributed by atoms with Crippen molar-refractivity contribution in [1.82, 2.24) is 0 Å². The summed E-state index contributed by atoms with van der Waals surface area (Å²) in [6, 6.07) is 0. The third-order valence-corrected chi connectivity index (χ3v) is 9.87. The molecule has 0 aromatic carbocycles. The second-order valence-corrected chi connectivity index (χ2v) is 12.8. The highest BCUT2D eigenvalue weighted by Gasteiger charge is 2.57. The molecular weight excluding hydrogens is 580 g/mol. The van der Waals surface area contributed by atoms with Gasteiger partial charge >= 0.3 is 0 Å². The van der Waals surface area contributed by atoms with E-state index in [1.807, 2.05) is 0 Å². The summed E-state index contributed by atoms with van der Waals surface area (Å²) in [6.45, 7) is 0.866. The third-order valence-electron chi connectivity index (χ3n) is 9.87. The SMILES string of the molecule is C[C@@H]1O[C@H](OC2CC3C(O[C@H]4O[C@@H](CO)[C@H](O)[C@@H](O)[C@@H]4O)CC(O)CC3[OH+]C2C2CC(O)C(O)C(O)C2)[C@@H](O)[C@@H](O)[C@@H]1O. The van der Waals surface area contributed by atoms with Crippen LogP contribution >= 0.6 is 0 Å². The van der Waals surface area contributed by atoms with Gasteiger partial charge < -0.3 is 79.9 Å². The quantitative estimate of drug-likeness (QED) is 0.123. The Hall–Kier alpha value is -0.640. The molecule has 0 bridgehead atoms. The van der Waals surface area contributed by atoms with Crippen LogP contribution in [0.15, 0.2) is 0 Å². The molecule has 8 unspecified atom stereocenters. The summed E-state index contributed by atoms with van der Waals surface area (Å²) >= 11 is 0. The van der Waals surface area contributed by atoms with Crippen LogP contribution in [0, 0.1) is 11.8 Å². The van der Waals surface area contributed by atoms with Gasteiger partial charge in [0.1, 0.15) is 54.9 Å². The molecule has 3 heterocycles. The molecule has 43 heavy (non-hydrogen) atoms. The highest BCUT2D eigenvalue weighted by Crippen LogP contribution is 2.43. The first-order chi connectivity index (χ1) is 20.3. The molecule has 3 aliphatic heterocycles. The van der Waals surface area contributed by atoms with E-state index < -0.39 is 129 Å². The van der Waals surface area contributed by atoms with Crippen molar-refractivity contribution in [2.45, 2.75) is 149 Å². The predicted molar refractivity (Wildman–Crippen MR) is 140 cm³/mol. The Morgan fingerprint density at radius 2 is 1.21 bits per heavy atom. The molecule has 5 fully saturated rings. The van der Waals surface area contributed by atoms with Crippen molar-refractivity contribution in [1.29, 1.82) is 0 Å². The highest BCUT2D eigenvalue weighted by molar-refractivity contribution is 5.00. The van der Waals surface area contributed by atoms with Crippen LogP contribution in [0.2, 0.25) is 0 Å². The van der Waals surface area contributed by atoms with E-state index in [0.29, 0.717) is 0 Å². The van der Waals surface area contributed by atoms with E-state index in [1.54, 1.807) is 0 Å². The largest absolute Gasteiger partial charge is 0.427 e. The lowest BCUT2D eigenvalue weighted by atomic mass is 9.72. The molecule has 2 saturated carbocycles. The summed E-state index contributed by atoms with van der Waals surface area (Å²) in [5, 5.41) is 113. The number of hydrogen-bond acceptors (Lipinski definition) is 15. The van der Waals surface area contributed by atoms with Gasteiger partial charge in [-0.15, -0.1) is 0 Å². The van der Waals surface area contributed by atoms with Crippen molar-refractivity contribution in [2.24, 2.45) is 11.8 Å². The van der Waals surface area contributed by atoms with Gasteiger partial charge in [-0.3, -0.25) is 0 Å². The second-order valence-electron chi connectivity index (χ2n) is 12.8. The van der Waals surface area contributed by atoms with Gasteiger partial charge in [0.05, 0.1) is 43.0 Å². The van der Waals surface area contributed by atoms with Crippen LogP contribution in [-0.2, 0) is 18.9 Å². The Kier molecular flexibility index (Phi) is 10.7. The van der Waals surface area contributed by atoms with Gasteiger partial charge in [0.15, 0.2) is 24.8 Å². The monoisotopic (exact) mass is 627 g/mol. The molecule has 3 saturated heterocycles. The van der Waals surface area contributed by atoms with Gasteiger partial charge in [0.2, 0.25) is 0 Å². The van der Waals surface area contributed by atoms with Crippen LogP contribution in [0.1, 0.15) is 39.0 Å². The van der Waals surface area contributed by atoms with Gasteiger partial charge in [0, 0.05) is 18.8 Å². The first-order valence-corrected chi connectivity index (χ1v) is 15.0. The second kappa shape index (κ2) is 13.6. The van der Waals surface area contributed by atoms with E-state index in [9.17, 15) is 56.2 Å². The van der Waals surface area contributed by atoms with Crippen LogP contribution in [0.3, 0.4) is 0 Å². The molecule has 0 aromatic heterocycles. The maximum Gasteiger partial charge on any atom is 0.187 e. The minimum Gasteiger partial charge on any atom is -0.427 e. The van der Waals surface area contributed by atoms with E-state index >= 15 is 0 Å². The summed E-state index contributed by atoms with van der Waals surface area (Å²) in [6.07, 6.45) is -21.1. The van der Waals surface area contributed by atoms with Gasteiger partial charge in [0.25, 0.3) is 0 Å². The highest BCUT2D eigenvalue weighted by atomic mass is 16.7. The maximum atomic E-state index is 10.7. The number of aliphatic hydroxyl groups excluding tert-OH is 11. The molecule has 5 rings (SSSR count). The van der Waals surface area contributed by atoms with Crippen LogP contribution in [-0.4, -0.2) is 178 Å². The Balaban J connectivity index is 1.39. The molecular formula is C27H47O16+. The van der Waals surface area contributed by atoms with Crippen molar-refractivity contribution in [3.8, 4) is 0 Å². The molecule has 250 valence electrons. The minimum absolute atomic E-state index is 0.0861. The fraction of sp³-hybridized carbons (Fsp3) is 1.00. The standard InChI is InChI=1S/C27H46O16/c1-8-18(32)21(35)23(37)26(39-8)42-16-6-11-14(40-25(16)9-2-12(30)19(33)13(31)3-9)4-10(29)5-15(11)41-27-24(38)22(36)20(34)17(7-28)43-27/h8-38H,2-7H2,1H3/p+1/t8-,9?,10?,11?,12?,13?,14?,15?,16?,17-,18+,19?,20-,21-,22+,23-,24-,25?,26+,27-/m0/s1. The summed E-state index contributed by atoms with van der Waals surface area (Å²) in [5.41, 5.74) is 0. The number of hydrogen-bond donors (Lipinski definition) is 11. The lowest BCUT2D eigenvalue weighted by Gasteiger charge is -2.50. The van der Waals surface area contributed by atoms with Crippen molar-refractivity contribution >= 4 is 0 Å². The summed E-state index contributed by atoms with van der Waals surface area (Å²) in [7, 11) is 0. The topological polar surface area (TPSA) is 272 Å². The van der Waals surface area contributed by atoms with E-state index in [0.717, 1.165) is 0 Å². The Bertz CT molecular complexity index is 900. The summed E-state index contributed by atoms with van der Waals surface area (Å²) in [4.78, 5) is 0. The van der Waals surface area contributed by atoms with Crippen molar-refractivity contribution < 1.29 is 79.9 Å². The zero-order valence-electron chi connectivity index (χ0n) is 23.8. The lowest BCUT2D eigenvalue weighted by molar-refractivity contribution is -0.366. The predicted octanol–water partition coefficient (Wildman–Crippen LogP) is -5.68. The Morgan fingerprint density at radius 1 is 0.628 bits per heavy atom. The smallest absolute Gasteiger partial charge is 0.187 e. The van der Waals surface area contributed by atoms with Crippen molar-refractivity contribution in [2.75, 3.05) is 6.61 Å². The lowest BCUT2D eigenvalue weighted by Crippen LogP contribution is -2.64. The molecule has 0 aromatic rings. The van der Waals surface area contributed by atoms with E-state index in [1.165, 1.54) is 6.92 Å². The zero-order chi connectivity index (χ0) is 31.3. The summed E-state index contributed by atoms with van der Waals surface area (Å²) in [5.74, 6) is -0.938. The van der Waals surface area contributed by atoms with E-state index in [2.05, 4.69) is 0 Å². The number of rotatable bonds is 6. The van der Waals surface area contributed by atoms with E-state index in [4.69, 9.17) is 23.7 Å². The third kappa shape index (κ3) is 6.76. The summed E-state index contributed by atoms with van der Waals surface area (Å²) < 4.78 is 28.5. The molecule has 16 heteroatoms. The van der Waals surface area contributed by atoms with Crippen LogP contribution in [0.25, 0.3) is 0 Å². The number of fused-ring (bicyclic) bond motifs is 1. The first kappa shape index (κ1) is 33.7. The fourth-order valence-corrected chi connectivity index (χ4v) is 7.34. The molecule has 0 radical (unpaired) electrons. The fourth-order valence-electron chi connectivity index (χ4n) is 7.34. The number of ether oxygens (including phenoxy) is 5. The maximum absolute atomic E-state index is 10.7. The van der Waals surface area contributed by atoms with Crippen LogP contribution in [0.5, 0.6) is 0 Å². The van der Waals surface area contributed by atoms with Gasteiger partial charge in [-0.1, -0.05) is 0 Å². The average Bonchev–Trinajstić information content (AvgIpc) is 2.97. The van der Waals surface area contributed by atoms with Crippen molar-refractivity contribution in [3.05, 3.63) is 0 Å². The van der Waals surface area contributed by atoms with Gasteiger partial charge in [-0.2, -0.15) is 0 Å². The molecule has 0 spiro atoms. The average molecular weight is 628 g/mol. The molecule has 16 nitrogen and oxygen atoms in total. The van der Waals surface area contributed by atoms with Crippen LogP contribution in [0.4, 0.5) is 0 Å².